The number of nitriles is 1. The molecule has 0 saturated carbocycles. The first kappa shape index (κ1) is 14.7. The number of rotatable bonds is 5. The Kier molecular flexibility index (Phi) is 4.99. The maximum absolute atomic E-state index is 12.5. The molecule has 0 heterocycles. The van der Waals surface area contributed by atoms with Crippen LogP contribution >= 0.6 is 0 Å². The maximum atomic E-state index is 12.5. The summed E-state index contributed by atoms with van der Waals surface area (Å²) in [5.41, 5.74) is 1.66. The van der Waals surface area contributed by atoms with Gasteiger partial charge in [-0.25, -0.2) is 8.78 Å². The van der Waals surface area contributed by atoms with Gasteiger partial charge in [0.1, 0.15) is 12.8 Å². The minimum absolute atomic E-state index is 0.0862. The molecule has 0 N–H and O–H groups in total. The van der Waals surface area contributed by atoms with Gasteiger partial charge in [-0.05, 0) is 23.8 Å². The van der Waals surface area contributed by atoms with Gasteiger partial charge in [-0.15, -0.1) is 0 Å². The fourth-order valence-electron chi connectivity index (χ4n) is 1.67. The molecule has 3 nitrogen and oxygen atoms in total. The van der Waals surface area contributed by atoms with Crippen LogP contribution in [0.4, 0.5) is 8.78 Å². The number of hydrogen-bond donors (Lipinski definition) is 0. The second-order valence-corrected chi connectivity index (χ2v) is 4.21. The van der Waals surface area contributed by atoms with Gasteiger partial charge in [0.15, 0.2) is 0 Å². The molecule has 0 aliphatic heterocycles. The zero-order chi connectivity index (χ0) is 15.1. The van der Waals surface area contributed by atoms with Crippen molar-refractivity contribution in [1.82, 2.24) is 0 Å². The molecule has 1 radical (unpaired) electrons. The molecule has 0 aliphatic carbocycles. The average Bonchev–Trinajstić information content (AvgIpc) is 2.52. The van der Waals surface area contributed by atoms with Crippen molar-refractivity contribution in [3.63, 3.8) is 0 Å². The summed E-state index contributed by atoms with van der Waals surface area (Å²) >= 11 is 0. The molecular weight excluding hydrogens is 274 g/mol. The molecule has 0 atom stereocenters. The molecule has 0 unspecified atom stereocenters. The number of alkyl halides is 2. The number of hydrogen-bond acceptors (Lipinski definition) is 3. The van der Waals surface area contributed by atoms with Crippen LogP contribution in [0.3, 0.4) is 0 Å². The first-order chi connectivity index (χ1) is 10.2. The van der Waals surface area contributed by atoms with Gasteiger partial charge in [-0.1, -0.05) is 35.5 Å². The quantitative estimate of drug-likeness (QED) is 0.617. The van der Waals surface area contributed by atoms with Crippen molar-refractivity contribution in [3.8, 4) is 6.07 Å². The van der Waals surface area contributed by atoms with Crippen LogP contribution < -0.4 is 0 Å². The molecule has 0 aliphatic rings. The third kappa shape index (κ3) is 4.39. The molecular formula is C16H11F2N2O. The minimum atomic E-state index is -2.53. The Morgan fingerprint density at radius 1 is 1.10 bits per heavy atom. The van der Waals surface area contributed by atoms with Crippen LogP contribution in [-0.4, -0.2) is 6.21 Å². The van der Waals surface area contributed by atoms with Gasteiger partial charge in [0.25, 0.3) is 6.43 Å². The van der Waals surface area contributed by atoms with E-state index in [4.69, 9.17) is 10.1 Å². The minimum Gasteiger partial charge on any atom is -0.390 e. The molecule has 105 valence electrons. The number of benzene rings is 2. The zero-order valence-electron chi connectivity index (χ0n) is 11.0. The molecule has 21 heavy (non-hydrogen) atoms. The van der Waals surface area contributed by atoms with Crippen LogP contribution in [0.25, 0.3) is 0 Å². The van der Waals surface area contributed by atoms with E-state index in [9.17, 15) is 8.78 Å². The average molecular weight is 285 g/mol. The second kappa shape index (κ2) is 7.15. The Balaban J connectivity index is 1.93. The van der Waals surface area contributed by atoms with Crippen molar-refractivity contribution < 1.29 is 13.6 Å². The largest absolute Gasteiger partial charge is 0.390 e. The first-order valence-corrected chi connectivity index (χ1v) is 6.14. The van der Waals surface area contributed by atoms with E-state index in [1.165, 1.54) is 18.2 Å². The fraction of sp³-hybridized carbons (Fsp3) is 0.125. The normalized spacial score (nSPS) is 10.8. The van der Waals surface area contributed by atoms with Gasteiger partial charge >= 0.3 is 0 Å². The lowest BCUT2D eigenvalue weighted by molar-refractivity contribution is 0.132. The highest BCUT2D eigenvalue weighted by atomic mass is 19.3. The monoisotopic (exact) mass is 285 g/mol. The van der Waals surface area contributed by atoms with Crippen LogP contribution in [0.15, 0.2) is 53.7 Å². The van der Waals surface area contributed by atoms with Crippen LogP contribution in [0.1, 0.15) is 28.7 Å². The summed E-state index contributed by atoms with van der Waals surface area (Å²) in [5.74, 6) is 0. The predicted molar refractivity (Wildman–Crippen MR) is 73.9 cm³/mol. The van der Waals surface area contributed by atoms with Crippen molar-refractivity contribution >= 4 is 6.21 Å². The van der Waals surface area contributed by atoms with E-state index in [0.29, 0.717) is 11.1 Å². The summed E-state index contributed by atoms with van der Waals surface area (Å²) in [6, 6.07) is 14.7. The van der Waals surface area contributed by atoms with Crippen molar-refractivity contribution in [1.29, 1.82) is 5.26 Å². The summed E-state index contributed by atoms with van der Waals surface area (Å²) in [6.07, 6.45) is 0.0167. The van der Waals surface area contributed by atoms with Crippen LogP contribution in [-0.2, 0) is 11.4 Å². The van der Waals surface area contributed by atoms with Gasteiger partial charge in [0.05, 0.1) is 11.6 Å². The Morgan fingerprint density at radius 2 is 1.86 bits per heavy atom. The van der Waals surface area contributed by atoms with Crippen molar-refractivity contribution in [2.75, 3.05) is 0 Å². The van der Waals surface area contributed by atoms with E-state index in [1.807, 2.05) is 6.07 Å². The first-order valence-electron chi connectivity index (χ1n) is 6.14. The summed E-state index contributed by atoms with van der Waals surface area (Å²) in [6.45, 7) is 0.178. The predicted octanol–water partition coefficient (Wildman–Crippen LogP) is 3.92. The van der Waals surface area contributed by atoms with Crippen molar-refractivity contribution in [2.24, 2.45) is 5.16 Å². The zero-order valence-corrected chi connectivity index (χ0v) is 11.0. The van der Waals surface area contributed by atoms with Crippen LogP contribution in [0.5, 0.6) is 0 Å². The number of halogens is 2. The van der Waals surface area contributed by atoms with Crippen LogP contribution in [0, 0.1) is 11.3 Å². The van der Waals surface area contributed by atoms with Crippen LogP contribution in [0.2, 0.25) is 0 Å². The standard InChI is InChI=1S/C16H11F2N2O/c17-16(18)15-6-2-4-13(8-15)10-20-21-11-14-5-1-3-12(7-14)9-19/h1-8,16H,11H2. The van der Waals surface area contributed by atoms with E-state index >= 15 is 0 Å². The highest BCUT2D eigenvalue weighted by Gasteiger charge is 2.06. The Morgan fingerprint density at radius 3 is 2.62 bits per heavy atom. The Labute approximate surface area is 121 Å². The highest BCUT2D eigenvalue weighted by molar-refractivity contribution is 5.79. The maximum Gasteiger partial charge on any atom is 0.263 e. The van der Waals surface area contributed by atoms with Gasteiger partial charge in [-0.3, -0.25) is 0 Å². The fourth-order valence-corrected chi connectivity index (χ4v) is 1.67. The lowest BCUT2D eigenvalue weighted by atomic mass is 10.1. The lowest BCUT2D eigenvalue weighted by Gasteiger charge is -2.01. The Bertz CT molecular complexity index is 678. The van der Waals surface area contributed by atoms with Gasteiger partial charge in [-0.2, -0.15) is 5.26 Å². The molecule has 2 rings (SSSR count). The highest BCUT2D eigenvalue weighted by Crippen LogP contribution is 2.18. The van der Waals surface area contributed by atoms with Gasteiger partial charge < -0.3 is 4.84 Å². The van der Waals surface area contributed by atoms with E-state index < -0.39 is 6.43 Å². The SMILES string of the molecule is N#Cc1cccc(CO/N=[C]\c2cccc(C(F)F)c2)c1. The van der Waals surface area contributed by atoms with E-state index in [0.717, 1.165) is 5.56 Å². The van der Waals surface area contributed by atoms with E-state index in [1.54, 1.807) is 30.3 Å². The summed E-state index contributed by atoms with van der Waals surface area (Å²) < 4.78 is 25.0. The van der Waals surface area contributed by atoms with Gasteiger partial charge in [0.2, 0.25) is 0 Å². The second-order valence-electron chi connectivity index (χ2n) is 4.21. The lowest BCUT2D eigenvalue weighted by Crippen LogP contribution is -1.90. The summed E-state index contributed by atoms with van der Waals surface area (Å²) in [5, 5.41) is 12.4. The molecule has 0 saturated heterocycles. The van der Waals surface area contributed by atoms with Crippen molar-refractivity contribution in [2.45, 2.75) is 13.0 Å². The third-order valence-corrected chi connectivity index (χ3v) is 2.67. The molecule has 5 heteroatoms. The molecule has 0 fully saturated rings. The van der Waals surface area contributed by atoms with E-state index in [2.05, 4.69) is 11.4 Å². The molecule has 0 amide bonds. The summed E-state index contributed by atoms with van der Waals surface area (Å²) in [4.78, 5) is 5.04. The Hall–Kier alpha value is -2.74. The molecule has 0 spiro atoms. The molecule has 2 aromatic carbocycles. The van der Waals surface area contributed by atoms with Crippen molar-refractivity contribution in [3.05, 3.63) is 70.8 Å². The van der Waals surface area contributed by atoms with E-state index in [-0.39, 0.29) is 12.2 Å². The summed E-state index contributed by atoms with van der Waals surface area (Å²) in [7, 11) is 0. The topological polar surface area (TPSA) is 45.4 Å². The third-order valence-electron chi connectivity index (χ3n) is 2.67. The molecule has 2 aromatic rings. The van der Waals surface area contributed by atoms with Gasteiger partial charge in [0, 0.05) is 11.1 Å². The molecule has 0 aromatic heterocycles. The molecule has 0 bridgehead atoms. The smallest absolute Gasteiger partial charge is 0.263 e. The number of nitrogens with zero attached hydrogens (tertiary/aromatic N) is 2.